The zero-order valence-electron chi connectivity index (χ0n) is 28.2. The Bertz CT molecular complexity index is 1760. The topological polar surface area (TPSA) is 122 Å². The molecule has 46 heavy (non-hydrogen) atoms. The number of carbonyl (C=O) groups is 2. The maximum absolute atomic E-state index is 13.5. The molecule has 4 aromatic rings. The number of aromatic nitrogens is 3. The Labute approximate surface area is 270 Å². The summed E-state index contributed by atoms with van der Waals surface area (Å²) >= 11 is 0. The maximum atomic E-state index is 13.5. The number of carbonyl (C=O) groups excluding carboxylic acids is 2. The lowest BCUT2D eigenvalue weighted by molar-refractivity contribution is -0.114. The number of methoxy groups -OCH3 is 1. The number of ether oxygens (including phenoxy) is 2. The van der Waals surface area contributed by atoms with E-state index < -0.39 is 0 Å². The average Bonchev–Trinajstić information content (AvgIpc) is 3.41. The number of pyridine rings is 1. The van der Waals surface area contributed by atoms with Crippen LogP contribution < -0.4 is 25.4 Å². The van der Waals surface area contributed by atoms with E-state index in [-0.39, 0.29) is 35.0 Å². The van der Waals surface area contributed by atoms with E-state index in [0.717, 1.165) is 28.2 Å². The van der Waals surface area contributed by atoms with Gasteiger partial charge in [0.25, 0.3) is 0 Å². The number of nitrogens with one attached hydrogen (secondary N) is 3. The second-order valence-corrected chi connectivity index (χ2v) is 13.6. The number of fused-ring (bicyclic) bond motifs is 2. The van der Waals surface area contributed by atoms with Crippen molar-refractivity contribution in [3.63, 3.8) is 0 Å². The van der Waals surface area contributed by atoms with Crippen LogP contribution in [-0.4, -0.2) is 52.6 Å². The normalized spacial score (nSPS) is 16.6. The molecular weight excluding hydrogens is 582 g/mol. The van der Waals surface area contributed by atoms with Gasteiger partial charge in [0.05, 0.1) is 36.3 Å². The summed E-state index contributed by atoms with van der Waals surface area (Å²) in [7, 11) is 5.56. The molecule has 2 heterocycles. The molecule has 1 aliphatic carbocycles. The molecule has 244 valence electrons. The molecule has 0 aliphatic heterocycles. The molecule has 5 rings (SSSR count). The van der Waals surface area contributed by atoms with Crippen LogP contribution in [0.3, 0.4) is 0 Å². The number of amides is 3. The molecule has 11 nitrogen and oxygen atoms in total. The van der Waals surface area contributed by atoms with Crippen LogP contribution in [0.2, 0.25) is 0 Å². The lowest BCUT2D eigenvalue weighted by atomic mass is 9.85. The Morgan fingerprint density at radius 1 is 0.935 bits per heavy atom. The van der Waals surface area contributed by atoms with E-state index >= 15 is 0 Å². The fourth-order valence-electron chi connectivity index (χ4n) is 5.72. The predicted molar refractivity (Wildman–Crippen MR) is 180 cm³/mol. The minimum Gasteiger partial charge on any atom is -0.492 e. The number of anilines is 2. The first-order valence-corrected chi connectivity index (χ1v) is 15.5. The van der Waals surface area contributed by atoms with Gasteiger partial charge in [-0.3, -0.25) is 14.1 Å². The van der Waals surface area contributed by atoms with Gasteiger partial charge in [-0.15, -0.1) is 10.2 Å². The first-order chi connectivity index (χ1) is 21.7. The van der Waals surface area contributed by atoms with E-state index in [9.17, 15) is 9.59 Å². The van der Waals surface area contributed by atoms with Crippen LogP contribution in [0, 0.1) is 0 Å². The molecule has 2 aromatic carbocycles. The van der Waals surface area contributed by atoms with Crippen molar-refractivity contribution in [2.45, 2.75) is 77.5 Å². The Morgan fingerprint density at radius 3 is 2.24 bits per heavy atom. The summed E-state index contributed by atoms with van der Waals surface area (Å²) in [6.07, 6.45) is 3.14. The van der Waals surface area contributed by atoms with Gasteiger partial charge in [-0.05, 0) is 87.2 Å². The third kappa shape index (κ3) is 6.64. The minimum atomic E-state index is -0.369. The quantitative estimate of drug-likeness (QED) is 0.202. The second kappa shape index (κ2) is 12.6. The summed E-state index contributed by atoms with van der Waals surface area (Å²) in [6.45, 7) is 11.9. The van der Waals surface area contributed by atoms with E-state index in [1.807, 2.05) is 67.2 Å². The summed E-state index contributed by atoms with van der Waals surface area (Å²) in [6, 6.07) is 15.1. The Morgan fingerprint density at radius 2 is 1.61 bits per heavy atom. The molecule has 2 aromatic heterocycles. The van der Waals surface area contributed by atoms with Crippen molar-refractivity contribution in [2.24, 2.45) is 0 Å². The van der Waals surface area contributed by atoms with Crippen molar-refractivity contribution in [1.82, 2.24) is 24.8 Å². The van der Waals surface area contributed by atoms with Gasteiger partial charge in [-0.2, -0.15) is 0 Å². The van der Waals surface area contributed by atoms with Crippen molar-refractivity contribution >= 4 is 29.0 Å². The highest BCUT2D eigenvalue weighted by Gasteiger charge is 2.32. The zero-order valence-corrected chi connectivity index (χ0v) is 28.2. The van der Waals surface area contributed by atoms with Crippen molar-refractivity contribution in [3.05, 3.63) is 77.2 Å². The summed E-state index contributed by atoms with van der Waals surface area (Å²) < 4.78 is 14.2. The summed E-state index contributed by atoms with van der Waals surface area (Å²) in [5.41, 5.74) is 4.14. The fraction of sp³-hybridized carbons (Fsp3) is 0.429. The second-order valence-electron chi connectivity index (χ2n) is 13.6. The largest absolute Gasteiger partial charge is 0.492 e. The van der Waals surface area contributed by atoms with Crippen LogP contribution in [0.5, 0.6) is 11.5 Å². The number of benzene rings is 2. The van der Waals surface area contributed by atoms with Crippen molar-refractivity contribution in [1.29, 1.82) is 0 Å². The molecule has 0 fully saturated rings. The summed E-state index contributed by atoms with van der Waals surface area (Å²) in [5.74, 6) is 1.70. The average molecular weight is 628 g/mol. The highest BCUT2D eigenvalue weighted by molar-refractivity contribution is 5.97. The van der Waals surface area contributed by atoms with Gasteiger partial charge in [0.1, 0.15) is 11.9 Å². The SMILES string of the molecule is COc1c(NC(C)=O)cc(C(C)(C)C)cc1NC(=O)N[C@H]1CC[C@@H](Oc2ccc3nnc(C(C)(C)N(C)C)n3c2)c2ccccc21. The first-order valence-electron chi connectivity index (χ1n) is 15.5. The fourth-order valence-corrected chi connectivity index (χ4v) is 5.72. The molecule has 3 amide bonds. The third-order valence-corrected chi connectivity index (χ3v) is 8.78. The number of nitrogens with zero attached hydrogens (tertiary/aromatic N) is 4. The first kappa shape index (κ1) is 32.7. The smallest absolute Gasteiger partial charge is 0.319 e. The molecule has 0 spiro atoms. The van der Waals surface area contributed by atoms with Crippen molar-refractivity contribution in [3.8, 4) is 11.5 Å². The minimum absolute atomic E-state index is 0.194. The van der Waals surface area contributed by atoms with E-state index in [1.165, 1.54) is 14.0 Å². The molecule has 0 radical (unpaired) electrons. The summed E-state index contributed by atoms with van der Waals surface area (Å²) in [4.78, 5) is 27.5. The molecule has 2 atom stereocenters. The molecule has 3 N–H and O–H groups in total. The predicted octanol–water partition coefficient (Wildman–Crippen LogP) is 6.57. The monoisotopic (exact) mass is 627 g/mol. The van der Waals surface area contributed by atoms with Crippen LogP contribution in [0.1, 0.15) is 89.0 Å². The number of hydrogen-bond acceptors (Lipinski definition) is 7. The zero-order chi connectivity index (χ0) is 33.4. The highest BCUT2D eigenvalue weighted by atomic mass is 16.5. The molecule has 0 saturated carbocycles. The van der Waals surface area contributed by atoms with Gasteiger partial charge in [0.15, 0.2) is 17.2 Å². The van der Waals surface area contributed by atoms with Gasteiger partial charge < -0.3 is 25.4 Å². The number of rotatable bonds is 8. The Kier molecular flexibility index (Phi) is 8.99. The molecule has 0 unspecified atom stereocenters. The molecule has 11 heteroatoms. The van der Waals surface area contributed by atoms with Gasteiger partial charge in [0.2, 0.25) is 5.91 Å². The lowest BCUT2D eigenvalue weighted by Gasteiger charge is -2.32. The molecule has 0 saturated heterocycles. The lowest BCUT2D eigenvalue weighted by Crippen LogP contribution is -2.37. The van der Waals surface area contributed by atoms with Crippen molar-refractivity contribution < 1.29 is 19.1 Å². The van der Waals surface area contributed by atoms with E-state index in [2.05, 4.69) is 71.7 Å². The molecular formula is C35H45N7O4. The van der Waals surface area contributed by atoms with Crippen LogP contribution >= 0.6 is 0 Å². The van der Waals surface area contributed by atoms with Crippen LogP contribution in [0.25, 0.3) is 5.65 Å². The van der Waals surface area contributed by atoms with Gasteiger partial charge in [-0.1, -0.05) is 45.0 Å². The van der Waals surface area contributed by atoms with Crippen molar-refractivity contribution in [2.75, 3.05) is 31.8 Å². The Balaban J connectivity index is 1.37. The van der Waals surface area contributed by atoms with Gasteiger partial charge in [0, 0.05) is 6.92 Å². The number of urea groups is 1. The summed E-state index contributed by atoms with van der Waals surface area (Å²) in [5, 5.41) is 17.8. The molecule has 0 bridgehead atoms. The van der Waals surface area contributed by atoms with Crippen LogP contribution in [0.4, 0.5) is 16.2 Å². The highest BCUT2D eigenvalue weighted by Crippen LogP contribution is 2.41. The third-order valence-electron chi connectivity index (χ3n) is 8.78. The van der Waals surface area contributed by atoms with E-state index in [4.69, 9.17) is 9.47 Å². The molecule has 1 aliphatic rings. The number of hydrogen-bond donors (Lipinski definition) is 3. The van der Waals surface area contributed by atoms with Gasteiger partial charge >= 0.3 is 6.03 Å². The van der Waals surface area contributed by atoms with Gasteiger partial charge in [-0.25, -0.2) is 4.79 Å². The van der Waals surface area contributed by atoms with Crippen LogP contribution in [0.15, 0.2) is 54.7 Å². The Hall–Kier alpha value is -4.64. The van der Waals surface area contributed by atoms with E-state index in [1.54, 1.807) is 0 Å². The maximum Gasteiger partial charge on any atom is 0.319 e. The van der Waals surface area contributed by atoms with Crippen LogP contribution in [-0.2, 0) is 15.7 Å². The standard InChI is InChI=1S/C35H45N7O4/c1-21(43)36-27-18-22(34(2,3)4)19-28(31(27)45-9)38-33(44)37-26-15-16-29(25-13-11-10-12-24(25)26)46-23-14-17-30-39-40-32(42(30)20-23)35(5,6)41(7)8/h10-14,17-20,26,29H,15-16H2,1-9H3,(H,36,43)(H2,37,38,44)/t26-,29+/m0/s1. The van der Waals surface area contributed by atoms with E-state index in [0.29, 0.717) is 35.7 Å².